The number of Topliss-reactive ketones (excluding diaryl/α,β-unsaturated/α-hetero) is 1. The van der Waals surface area contributed by atoms with Crippen LogP contribution in [-0.4, -0.2) is 27.9 Å². The van der Waals surface area contributed by atoms with Crippen molar-refractivity contribution in [2.75, 3.05) is 6.54 Å². The minimum absolute atomic E-state index is 0.0200. The maximum atomic E-state index is 11.0. The van der Waals surface area contributed by atoms with Gasteiger partial charge in [-0.3, -0.25) is 4.79 Å². The van der Waals surface area contributed by atoms with E-state index in [-0.39, 0.29) is 12.3 Å². The van der Waals surface area contributed by atoms with E-state index in [0.29, 0.717) is 0 Å². The van der Waals surface area contributed by atoms with Crippen molar-refractivity contribution in [3.05, 3.63) is 0 Å². The molecule has 0 aromatic rings. The van der Waals surface area contributed by atoms with E-state index in [2.05, 4.69) is 15.9 Å². The lowest BCUT2D eigenvalue weighted by Crippen LogP contribution is -2.39. The van der Waals surface area contributed by atoms with Crippen LogP contribution in [0.5, 0.6) is 0 Å². The van der Waals surface area contributed by atoms with E-state index < -0.39 is 10.4 Å². The van der Waals surface area contributed by atoms with Crippen LogP contribution in [0.1, 0.15) is 13.8 Å². The van der Waals surface area contributed by atoms with Gasteiger partial charge in [0.15, 0.2) is 5.78 Å². The van der Waals surface area contributed by atoms with Crippen molar-refractivity contribution >= 4 is 21.7 Å². The summed E-state index contributed by atoms with van der Waals surface area (Å²) in [5.74, 6) is -0.282. The topological polar surface area (TPSA) is 63.3 Å². The minimum Gasteiger partial charge on any atom is -0.384 e. The molecule has 1 unspecified atom stereocenters. The highest BCUT2D eigenvalue weighted by Gasteiger charge is 2.28. The number of carbonyl (C=O) groups excluding carboxylic acids is 1. The van der Waals surface area contributed by atoms with Crippen LogP contribution in [0, 0.1) is 0 Å². The molecule has 0 heterocycles. The maximum Gasteiger partial charge on any atom is 0.178 e. The summed E-state index contributed by atoms with van der Waals surface area (Å²) in [6, 6.07) is 0. The van der Waals surface area contributed by atoms with Gasteiger partial charge in [0, 0.05) is 6.54 Å². The molecule has 1 atom stereocenters. The van der Waals surface area contributed by atoms with Crippen LogP contribution in [0.3, 0.4) is 0 Å². The third-order valence-corrected chi connectivity index (χ3v) is 1.50. The number of halogens is 1. The zero-order chi connectivity index (χ0) is 8.36. The lowest BCUT2D eigenvalue weighted by atomic mass is 10.0. The molecule has 0 radical (unpaired) electrons. The lowest BCUT2D eigenvalue weighted by Gasteiger charge is -2.17. The highest BCUT2D eigenvalue weighted by molar-refractivity contribution is 9.10. The number of alkyl halides is 1. The summed E-state index contributed by atoms with van der Waals surface area (Å²) in [6.45, 7) is 3.33. The molecule has 0 aliphatic rings. The molecule has 60 valence electrons. The third-order valence-electron chi connectivity index (χ3n) is 1.11. The summed E-state index contributed by atoms with van der Waals surface area (Å²) >= 11 is 3.12. The first-order valence-electron chi connectivity index (χ1n) is 3.01. The Hall–Kier alpha value is 0.0700. The number of hydrogen-bond donors (Lipinski definition) is 2. The number of carbonyl (C=O) groups is 1. The van der Waals surface area contributed by atoms with E-state index in [1.165, 1.54) is 0 Å². The fraction of sp³-hybridized carbons (Fsp3) is 0.833. The van der Waals surface area contributed by atoms with Crippen LogP contribution in [0.2, 0.25) is 0 Å². The highest BCUT2D eigenvalue weighted by atomic mass is 79.9. The van der Waals surface area contributed by atoms with E-state index in [9.17, 15) is 4.79 Å². The molecule has 0 aromatic heterocycles. The predicted octanol–water partition coefficient (Wildman–Crippen LogP) is 0.0486. The van der Waals surface area contributed by atoms with E-state index in [1.807, 2.05) is 0 Å². The monoisotopic (exact) mass is 209 g/mol. The molecule has 0 spiro atoms. The summed E-state index contributed by atoms with van der Waals surface area (Å²) in [7, 11) is 0. The van der Waals surface area contributed by atoms with Crippen molar-refractivity contribution in [1.82, 2.24) is 0 Å². The predicted molar refractivity (Wildman–Crippen MR) is 43.1 cm³/mol. The van der Waals surface area contributed by atoms with Crippen molar-refractivity contribution in [2.24, 2.45) is 5.73 Å². The molecule has 3 N–H and O–H groups in total. The Bertz CT molecular complexity index is 130. The summed E-state index contributed by atoms with van der Waals surface area (Å²) in [5, 5.41) is 8.96. The van der Waals surface area contributed by atoms with Gasteiger partial charge < -0.3 is 10.8 Å². The van der Waals surface area contributed by atoms with Gasteiger partial charge in [-0.25, -0.2) is 0 Å². The molecule has 0 saturated carbocycles. The molecule has 3 nitrogen and oxygen atoms in total. The Balaban J connectivity index is 4.09. The molecular formula is C6H12BrNO2. The SMILES string of the molecule is CC(C)(Br)C(=O)C(O)CN. The van der Waals surface area contributed by atoms with Crippen molar-refractivity contribution in [3.63, 3.8) is 0 Å². The van der Waals surface area contributed by atoms with Crippen molar-refractivity contribution in [2.45, 2.75) is 24.3 Å². The Kier molecular flexibility index (Phi) is 3.48. The summed E-state index contributed by atoms with van der Waals surface area (Å²) < 4.78 is -0.675. The van der Waals surface area contributed by atoms with Gasteiger partial charge in [0.2, 0.25) is 0 Å². The number of aliphatic hydroxyl groups excluding tert-OH is 1. The second-order valence-electron chi connectivity index (χ2n) is 2.59. The zero-order valence-electron chi connectivity index (χ0n) is 6.10. The van der Waals surface area contributed by atoms with E-state index >= 15 is 0 Å². The van der Waals surface area contributed by atoms with Crippen LogP contribution in [0.15, 0.2) is 0 Å². The molecule has 0 rings (SSSR count). The molecule has 10 heavy (non-hydrogen) atoms. The third kappa shape index (κ3) is 2.77. The molecule has 4 heteroatoms. The van der Waals surface area contributed by atoms with E-state index in [1.54, 1.807) is 13.8 Å². The number of ketones is 1. The molecule has 0 fully saturated rings. The standard InChI is InChI=1S/C6H12BrNO2/c1-6(2,7)5(10)4(9)3-8/h4,9H,3,8H2,1-2H3. The maximum absolute atomic E-state index is 11.0. The minimum atomic E-state index is -1.05. The number of aliphatic hydroxyl groups is 1. The van der Waals surface area contributed by atoms with E-state index in [4.69, 9.17) is 10.8 Å². The van der Waals surface area contributed by atoms with Crippen LogP contribution in [-0.2, 0) is 4.79 Å². The summed E-state index contributed by atoms with van der Waals surface area (Å²) in [5.41, 5.74) is 5.08. The van der Waals surface area contributed by atoms with Gasteiger partial charge in [0.05, 0.1) is 4.32 Å². The average Bonchev–Trinajstić information content (AvgIpc) is 1.83. The van der Waals surface area contributed by atoms with Gasteiger partial charge in [0.1, 0.15) is 6.10 Å². The Morgan fingerprint density at radius 1 is 1.80 bits per heavy atom. The van der Waals surface area contributed by atoms with Crippen LogP contribution in [0.25, 0.3) is 0 Å². The zero-order valence-corrected chi connectivity index (χ0v) is 7.68. The van der Waals surface area contributed by atoms with Crippen LogP contribution >= 0.6 is 15.9 Å². The Morgan fingerprint density at radius 3 is 2.30 bits per heavy atom. The van der Waals surface area contributed by atoms with Gasteiger partial charge in [-0.2, -0.15) is 0 Å². The van der Waals surface area contributed by atoms with Crippen LogP contribution < -0.4 is 5.73 Å². The van der Waals surface area contributed by atoms with Crippen molar-refractivity contribution in [1.29, 1.82) is 0 Å². The highest BCUT2D eigenvalue weighted by Crippen LogP contribution is 2.18. The van der Waals surface area contributed by atoms with Crippen molar-refractivity contribution < 1.29 is 9.90 Å². The number of rotatable bonds is 3. The van der Waals surface area contributed by atoms with Gasteiger partial charge in [-0.05, 0) is 13.8 Å². The van der Waals surface area contributed by atoms with Crippen LogP contribution in [0.4, 0.5) is 0 Å². The Morgan fingerprint density at radius 2 is 2.20 bits per heavy atom. The fourth-order valence-corrected chi connectivity index (χ4v) is 0.767. The largest absolute Gasteiger partial charge is 0.384 e. The number of hydrogen-bond acceptors (Lipinski definition) is 3. The molecule has 0 aliphatic carbocycles. The van der Waals surface area contributed by atoms with E-state index in [0.717, 1.165) is 0 Å². The molecule has 0 saturated heterocycles. The van der Waals surface area contributed by atoms with Crippen molar-refractivity contribution in [3.8, 4) is 0 Å². The molecule has 0 aliphatic heterocycles. The molecule has 0 aromatic carbocycles. The molecule has 0 amide bonds. The average molecular weight is 210 g/mol. The van der Waals surface area contributed by atoms with Gasteiger partial charge in [0.25, 0.3) is 0 Å². The summed E-state index contributed by atoms with van der Waals surface area (Å²) in [4.78, 5) is 11.0. The Labute approximate surface area is 68.7 Å². The second-order valence-corrected chi connectivity index (χ2v) is 4.57. The first kappa shape index (κ1) is 10.1. The second kappa shape index (κ2) is 3.46. The first-order chi connectivity index (χ1) is 4.39. The summed E-state index contributed by atoms with van der Waals surface area (Å²) in [6.07, 6.45) is -1.05. The normalized spacial score (nSPS) is 14.9. The van der Waals surface area contributed by atoms with Gasteiger partial charge in [-0.1, -0.05) is 15.9 Å². The first-order valence-corrected chi connectivity index (χ1v) is 3.80. The van der Waals surface area contributed by atoms with Gasteiger partial charge in [-0.15, -0.1) is 0 Å². The fourth-order valence-electron chi connectivity index (χ4n) is 0.503. The smallest absolute Gasteiger partial charge is 0.178 e. The quantitative estimate of drug-likeness (QED) is 0.647. The number of nitrogens with two attached hydrogens (primary N) is 1. The lowest BCUT2D eigenvalue weighted by molar-refractivity contribution is -0.128. The van der Waals surface area contributed by atoms with Gasteiger partial charge >= 0.3 is 0 Å². The molecular weight excluding hydrogens is 198 g/mol. The molecule has 0 bridgehead atoms.